The number of likely N-dealkylation sites (tertiary alicyclic amines) is 1. The number of carbonyl (C=O) groups is 1. The smallest absolute Gasteiger partial charge is 0.220 e. The molecule has 0 radical (unpaired) electrons. The van der Waals surface area contributed by atoms with Crippen molar-refractivity contribution in [1.29, 1.82) is 0 Å². The van der Waals surface area contributed by atoms with Crippen molar-refractivity contribution >= 4 is 17.7 Å². The van der Waals surface area contributed by atoms with Crippen LogP contribution < -0.4 is 10.2 Å². The van der Waals surface area contributed by atoms with Crippen molar-refractivity contribution in [1.82, 2.24) is 15.3 Å². The Morgan fingerprint density at radius 3 is 2.42 bits per heavy atom. The predicted octanol–water partition coefficient (Wildman–Crippen LogP) is 1.32. The molecule has 0 atom stereocenters. The Morgan fingerprint density at radius 1 is 1.25 bits per heavy atom. The first-order valence-electron chi connectivity index (χ1n) is 9.04. The van der Waals surface area contributed by atoms with Gasteiger partial charge in [-0.2, -0.15) is 0 Å². The number of aryl methyl sites for hydroxylation is 2. The summed E-state index contributed by atoms with van der Waals surface area (Å²) in [5.41, 5.74) is 3.11. The van der Waals surface area contributed by atoms with Gasteiger partial charge in [0.25, 0.3) is 0 Å². The minimum atomic E-state index is 0.159. The summed E-state index contributed by atoms with van der Waals surface area (Å²) in [4.78, 5) is 22.9. The highest BCUT2D eigenvalue weighted by Crippen LogP contribution is 2.17. The molecule has 0 unspecified atom stereocenters. The van der Waals surface area contributed by atoms with Crippen LogP contribution in [0.3, 0.4) is 0 Å². The van der Waals surface area contributed by atoms with Crippen LogP contribution in [-0.4, -0.2) is 47.8 Å². The van der Waals surface area contributed by atoms with Gasteiger partial charge < -0.3 is 10.2 Å². The van der Waals surface area contributed by atoms with Crippen LogP contribution in [0.25, 0.3) is 0 Å². The molecule has 0 saturated carbocycles. The molecule has 0 spiro atoms. The summed E-state index contributed by atoms with van der Waals surface area (Å²) in [5.74, 6) is 0.159. The lowest BCUT2D eigenvalue weighted by Gasteiger charge is -2.29. The normalized spacial score (nSPS) is 20.8. The number of nitrogens with one attached hydrogen (secondary N) is 2. The molecule has 2 heterocycles. The molecular weight excluding hydrogens is 320 g/mol. The first kappa shape index (κ1) is 19.2. The number of nitrogens with zero attached hydrogens (tertiary/aromatic N) is 2. The summed E-state index contributed by atoms with van der Waals surface area (Å²) in [6.45, 7) is 9.87. The molecule has 134 valence electrons. The second-order valence-corrected chi connectivity index (χ2v) is 7.47. The maximum Gasteiger partial charge on any atom is 0.220 e. The van der Waals surface area contributed by atoms with Gasteiger partial charge in [0.05, 0.1) is 19.6 Å². The van der Waals surface area contributed by atoms with E-state index in [0.29, 0.717) is 12.5 Å². The maximum absolute atomic E-state index is 12.3. The number of rotatable bonds is 7. The van der Waals surface area contributed by atoms with E-state index >= 15 is 0 Å². The summed E-state index contributed by atoms with van der Waals surface area (Å²) in [7, 11) is 0. The van der Waals surface area contributed by atoms with Crippen LogP contribution in [0.15, 0.2) is 5.16 Å². The number of hydrogen-bond donors (Lipinski definition) is 2. The van der Waals surface area contributed by atoms with Crippen LogP contribution in [0, 0.1) is 13.8 Å². The van der Waals surface area contributed by atoms with E-state index in [1.807, 2.05) is 20.1 Å². The second kappa shape index (κ2) is 9.37. The Morgan fingerprint density at radius 2 is 1.88 bits per heavy atom. The standard InChI is InChI=1S/C18H30N4OS/c1-5-10-22-11-8-15(9-12-22)21-17(23)7-6-16-13(2)19-18(24-4)20-14(16)3/h15H,5-12H2,1-4H3,(H,21,23)/p+1. The lowest BCUT2D eigenvalue weighted by molar-refractivity contribution is -0.905. The monoisotopic (exact) mass is 351 g/mol. The van der Waals surface area contributed by atoms with Gasteiger partial charge in [-0.1, -0.05) is 18.7 Å². The van der Waals surface area contributed by atoms with Gasteiger partial charge in [0.1, 0.15) is 0 Å². The van der Waals surface area contributed by atoms with Crippen LogP contribution in [0.1, 0.15) is 49.6 Å². The topological polar surface area (TPSA) is 59.3 Å². The van der Waals surface area contributed by atoms with E-state index in [2.05, 4.69) is 22.2 Å². The molecule has 2 rings (SSSR count). The fraction of sp³-hybridized carbons (Fsp3) is 0.722. The molecule has 6 heteroatoms. The molecule has 1 fully saturated rings. The summed E-state index contributed by atoms with van der Waals surface area (Å²) in [6, 6.07) is 0.357. The average molecular weight is 352 g/mol. The quantitative estimate of drug-likeness (QED) is 0.575. The van der Waals surface area contributed by atoms with E-state index in [9.17, 15) is 4.79 Å². The fourth-order valence-electron chi connectivity index (χ4n) is 3.47. The Kier molecular flexibility index (Phi) is 7.49. The Labute approximate surface area is 150 Å². The van der Waals surface area contributed by atoms with Gasteiger partial charge in [-0.3, -0.25) is 4.79 Å². The molecule has 1 aliphatic rings. The van der Waals surface area contributed by atoms with Crippen molar-refractivity contribution in [3.8, 4) is 0 Å². The molecule has 2 N–H and O–H groups in total. The van der Waals surface area contributed by atoms with Gasteiger partial charge in [-0.25, -0.2) is 9.97 Å². The Hall–Kier alpha value is -1.14. The van der Waals surface area contributed by atoms with E-state index in [0.717, 1.165) is 41.4 Å². The number of thioether (sulfide) groups is 1. The first-order valence-corrected chi connectivity index (χ1v) is 10.3. The molecule has 1 aromatic rings. The molecule has 24 heavy (non-hydrogen) atoms. The molecule has 1 aliphatic heterocycles. The number of hydrogen-bond acceptors (Lipinski definition) is 4. The van der Waals surface area contributed by atoms with Crippen LogP contribution in [-0.2, 0) is 11.2 Å². The van der Waals surface area contributed by atoms with Crippen molar-refractivity contribution in [2.24, 2.45) is 0 Å². The molecule has 0 bridgehead atoms. The van der Waals surface area contributed by atoms with E-state index in [1.54, 1.807) is 16.7 Å². The highest BCUT2D eigenvalue weighted by Gasteiger charge is 2.22. The van der Waals surface area contributed by atoms with Crippen LogP contribution in [0.5, 0.6) is 0 Å². The van der Waals surface area contributed by atoms with Gasteiger partial charge in [-0.05, 0) is 38.5 Å². The molecule has 1 aromatic heterocycles. The third kappa shape index (κ3) is 5.45. The van der Waals surface area contributed by atoms with E-state index in [1.165, 1.54) is 26.1 Å². The lowest BCUT2D eigenvalue weighted by Crippen LogP contribution is -3.13. The van der Waals surface area contributed by atoms with Crippen molar-refractivity contribution < 1.29 is 9.69 Å². The van der Waals surface area contributed by atoms with Gasteiger partial charge in [0.2, 0.25) is 5.91 Å². The number of amides is 1. The Bertz CT molecular complexity index is 533. The number of piperidine rings is 1. The molecule has 5 nitrogen and oxygen atoms in total. The van der Waals surface area contributed by atoms with Gasteiger partial charge >= 0.3 is 0 Å². The molecule has 0 aliphatic carbocycles. The fourth-order valence-corrected chi connectivity index (χ4v) is 3.93. The summed E-state index contributed by atoms with van der Waals surface area (Å²) >= 11 is 1.55. The summed E-state index contributed by atoms with van der Waals surface area (Å²) in [6.07, 6.45) is 6.66. The predicted molar refractivity (Wildman–Crippen MR) is 98.6 cm³/mol. The van der Waals surface area contributed by atoms with Gasteiger partial charge in [0.15, 0.2) is 5.16 Å². The number of quaternary nitrogens is 1. The highest BCUT2D eigenvalue weighted by atomic mass is 32.2. The van der Waals surface area contributed by atoms with Gasteiger partial charge in [-0.15, -0.1) is 0 Å². The second-order valence-electron chi connectivity index (χ2n) is 6.70. The third-order valence-electron chi connectivity index (χ3n) is 4.85. The van der Waals surface area contributed by atoms with Gasteiger partial charge in [0, 0.05) is 36.7 Å². The molecule has 1 saturated heterocycles. The molecule has 1 amide bonds. The minimum absolute atomic E-state index is 0.159. The summed E-state index contributed by atoms with van der Waals surface area (Å²) < 4.78 is 0. The van der Waals surface area contributed by atoms with Crippen molar-refractivity contribution in [2.75, 3.05) is 25.9 Å². The van der Waals surface area contributed by atoms with Crippen molar-refractivity contribution in [3.05, 3.63) is 17.0 Å². The lowest BCUT2D eigenvalue weighted by atomic mass is 10.0. The van der Waals surface area contributed by atoms with E-state index in [-0.39, 0.29) is 5.91 Å². The summed E-state index contributed by atoms with van der Waals surface area (Å²) in [5, 5.41) is 4.02. The number of carbonyl (C=O) groups excluding carboxylic acids is 1. The van der Waals surface area contributed by atoms with Crippen molar-refractivity contribution in [2.45, 2.75) is 64.1 Å². The zero-order valence-corrected chi connectivity index (χ0v) is 16.3. The zero-order valence-electron chi connectivity index (χ0n) is 15.4. The van der Waals surface area contributed by atoms with Crippen LogP contribution >= 0.6 is 11.8 Å². The maximum atomic E-state index is 12.3. The molecule has 0 aromatic carbocycles. The van der Waals surface area contributed by atoms with Crippen LogP contribution in [0.2, 0.25) is 0 Å². The third-order valence-corrected chi connectivity index (χ3v) is 5.39. The number of aromatic nitrogens is 2. The SMILES string of the molecule is CCC[NH+]1CCC(NC(=O)CCc2c(C)nc(SC)nc2C)CC1. The van der Waals surface area contributed by atoms with E-state index < -0.39 is 0 Å². The average Bonchev–Trinajstić information content (AvgIpc) is 2.56. The Balaban J connectivity index is 1.80. The van der Waals surface area contributed by atoms with Crippen LogP contribution in [0.4, 0.5) is 0 Å². The van der Waals surface area contributed by atoms with E-state index in [4.69, 9.17) is 0 Å². The largest absolute Gasteiger partial charge is 0.353 e. The first-order chi connectivity index (χ1) is 11.5. The highest BCUT2D eigenvalue weighted by molar-refractivity contribution is 7.98. The molecular formula is C18H31N4OS+. The minimum Gasteiger partial charge on any atom is -0.353 e. The van der Waals surface area contributed by atoms with Crippen molar-refractivity contribution in [3.63, 3.8) is 0 Å². The zero-order chi connectivity index (χ0) is 17.5.